The van der Waals surface area contributed by atoms with Crippen molar-refractivity contribution in [3.8, 4) is 0 Å². The minimum absolute atomic E-state index is 0.187. The molecule has 118 valence electrons. The van der Waals surface area contributed by atoms with Crippen LogP contribution < -0.4 is 5.43 Å². The number of aromatic nitrogens is 4. The molecule has 0 bridgehead atoms. The van der Waals surface area contributed by atoms with Crippen LogP contribution in [0.15, 0.2) is 36.5 Å². The van der Waals surface area contributed by atoms with Gasteiger partial charge in [-0.1, -0.05) is 12.1 Å². The third-order valence-corrected chi connectivity index (χ3v) is 3.64. The lowest BCUT2D eigenvalue weighted by atomic mass is 10.1. The minimum atomic E-state index is -0.769. The molecule has 0 saturated carbocycles. The zero-order valence-corrected chi connectivity index (χ0v) is 12.4. The van der Waals surface area contributed by atoms with Gasteiger partial charge in [0, 0.05) is 11.9 Å². The van der Waals surface area contributed by atoms with Gasteiger partial charge in [-0.2, -0.15) is 9.99 Å². The third-order valence-electron chi connectivity index (χ3n) is 3.64. The van der Waals surface area contributed by atoms with Crippen LogP contribution in [0, 0.1) is 6.92 Å². The Labute approximate surface area is 134 Å². The van der Waals surface area contributed by atoms with E-state index >= 15 is 0 Å². The Morgan fingerprint density at radius 2 is 1.75 bits per heavy atom. The highest BCUT2D eigenvalue weighted by Gasteiger charge is 2.37. The highest BCUT2D eigenvalue weighted by molar-refractivity contribution is 6.22. The second kappa shape index (κ2) is 4.95. The first kappa shape index (κ1) is 14.0. The summed E-state index contributed by atoms with van der Waals surface area (Å²) in [6, 6.07) is 8.06. The molecule has 0 aliphatic carbocycles. The van der Waals surface area contributed by atoms with E-state index in [0.29, 0.717) is 5.01 Å². The molecule has 9 nitrogen and oxygen atoms in total. The minimum Gasteiger partial charge on any atom is -0.267 e. The maximum absolute atomic E-state index is 12.3. The van der Waals surface area contributed by atoms with Gasteiger partial charge in [0.05, 0.1) is 11.1 Å². The van der Waals surface area contributed by atoms with Crippen LogP contribution in [0.4, 0.5) is 0 Å². The monoisotopic (exact) mass is 322 g/mol. The molecule has 1 aliphatic heterocycles. The average molecular weight is 322 g/mol. The van der Waals surface area contributed by atoms with Gasteiger partial charge in [-0.05, 0) is 25.1 Å². The first-order valence-electron chi connectivity index (χ1n) is 7.03. The van der Waals surface area contributed by atoms with E-state index in [1.165, 1.54) is 16.6 Å². The van der Waals surface area contributed by atoms with Crippen molar-refractivity contribution in [2.45, 2.75) is 6.92 Å². The molecule has 3 heterocycles. The summed E-state index contributed by atoms with van der Waals surface area (Å²) >= 11 is 0. The Hall–Kier alpha value is -3.62. The van der Waals surface area contributed by atoms with Gasteiger partial charge < -0.3 is 0 Å². The Balaban J connectivity index is 1.64. The van der Waals surface area contributed by atoms with Crippen molar-refractivity contribution in [2.24, 2.45) is 0 Å². The number of imide groups is 1. The van der Waals surface area contributed by atoms with Crippen molar-refractivity contribution in [2.75, 3.05) is 0 Å². The molecule has 24 heavy (non-hydrogen) atoms. The van der Waals surface area contributed by atoms with Gasteiger partial charge in [-0.3, -0.25) is 19.8 Å². The zero-order valence-electron chi connectivity index (χ0n) is 12.4. The second-order valence-electron chi connectivity index (χ2n) is 5.17. The van der Waals surface area contributed by atoms with E-state index in [2.05, 4.69) is 20.5 Å². The number of hydrogen-bond acceptors (Lipinski definition) is 6. The van der Waals surface area contributed by atoms with Crippen molar-refractivity contribution in [3.63, 3.8) is 0 Å². The van der Waals surface area contributed by atoms with Crippen LogP contribution in [0.5, 0.6) is 0 Å². The van der Waals surface area contributed by atoms with Gasteiger partial charge in [0.2, 0.25) is 5.82 Å². The zero-order chi connectivity index (χ0) is 16.8. The average Bonchev–Trinajstić information content (AvgIpc) is 3.12. The molecule has 0 fully saturated rings. The summed E-state index contributed by atoms with van der Waals surface area (Å²) in [4.78, 5) is 44.8. The number of nitrogens with zero attached hydrogens (tertiary/aromatic N) is 5. The van der Waals surface area contributed by atoms with E-state index in [0.717, 1.165) is 5.69 Å². The van der Waals surface area contributed by atoms with Crippen molar-refractivity contribution >= 4 is 23.5 Å². The molecule has 1 aromatic carbocycles. The standard InChI is InChI=1S/C15H10N6O3/c1-8-6-7-16-15-17-11(18-20(8)15)12(22)19-21-13(23)9-4-2-3-5-10(9)14(21)24/h2-7H,1H3,(H,19,22). The van der Waals surface area contributed by atoms with Crippen LogP contribution in [0.25, 0.3) is 5.78 Å². The summed E-state index contributed by atoms with van der Waals surface area (Å²) in [6.07, 6.45) is 1.55. The summed E-state index contributed by atoms with van der Waals surface area (Å²) < 4.78 is 1.40. The molecule has 0 radical (unpaired) electrons. The number of hydrazine groups is 1. The molecule has 0 atom stereocenters. The van der Waals surface area contributed by atoms with Gasteiger partial charge in [0.1, 0.15) is 0 Å². The van der Waals surface area contributed by atoms with Crippen LogP contribution in [-0.2, 0) is 0 Å². The quantitative estimate of drug-likeness (QED) is 0.683. The summed E-state index contributed by atoms with van der Waals surface area (Å²) in [6.45, 7) is 1.79. The van der Waals surface area contributed by atoms with Crippen molar-refractivity contribution in [3.05, 3.63) is 59.2 Å². The Morgan fingerprint density at radius 3 is 2.38 bits per heavy atom. The number of nitrogens with one attached hydrogen (secondary N) is 1. The summed E-state index contributed by atoms with van der Waals surface area (Å²) in [7, 11) is 0. The maximum Gasteiger partial charge on any atom is 0.310 e. The summed E-state index contributed by atoms with van der Waals surface area (Å²) in [5.74, 6) is -1.89. The predicted octanol–water partition coefficient (Wildman–Crippen LogP) is 0.374. The molecule has 2 aromatic heterocycles. The lowest BCUT2D eigenvalue weighted by Crippen LogP contribution is -2.46. The predicted molar refractivity (Wildman–Crippen MR) is 79.9 cm³/mol. The number of fused-ring (bicyclic) bond motifs is 2. The number of amides is 3. The molecular weight excluding hydrogens is 312 g/mol. The summed E-state index contributed by atoms with van der Waals surface area (Å²) in [5.41, 5.74) is 3.47. The van der Waals surface area contributed by atoms with E-state index in [1.807, 2.05) is 0 Å². The van der Waals surface area contributed by atoms with E-state index in [9.17, 15) is 14.4 Å². The molecule has 0 unspecified atom stereocenters. The molecule has 4 rings (SSSR count). The van der Waals surface area contributed by atoms with Gasteiger partial charge in [-0.25, -0.2) is 9.50 Å². The Bertz CT molecular complexity index is 990. The molecule has 3 amide bonds. The Morgan fingerprint density at radius 1 is 1.08 bits per heavy atom. The molecular formula is C15H10N6O3. The van der Waals surface area contributed by atoms with Crippen LogP contribution in [0.3, 0.4) is 0 Å². The lowest BCUT2D eigenvalue weighted by molar-refractivity contribution is 0.0515. The summed E-state index contributed by atoms with van der Waals surface area (Å²) in [5, 5.41) is 4.70. The number of benzene rings is 1. The number of carbonyl (C=O) groups excluding carboxylic acids is 3. The fourth-order valence-electron chi connectivity index (χ4n) is 2.44. The van der Waals surface area contributed by atoms with Crippen molar-refractivity contribution < 1.29 is 14.4 Å². The SMILES string of the molecule is Cc1ccnc2nc(C(=O)NN3C(=O)c4ccccc4C3=O)nn12. The third kappa shape index (κ3) is 1.95. The van der Waals surface area contributed by atoms with Crippen LogP contribution in [0.1, 0.15) is 37.0 Å². The number of hydrogen-bond donors (Lipinski definition) is 1. The number of aryl methyl sites for hydroxylation is 1. The van der Waals surface area contributed by atoms with E-state index < -0.39 is 17.7 Å². The van der Waals surface area contributed by atoms with Crippen LogP contribution >= 0.6 is 0 Å². The highest BCUT2D eigenvalue weighted by Crippen LogP contribution is 2.20. The second-order valence-corrected chi connectivity index (χ2v) is 5.17. The fourth-order valence-corrected chi connectivity index (χ4v) is 2.44. The normalized spacial score (nSPS) is 13.5. The fraction of sp³-hybridized carbons (Fsp3) is 0.0667. The molecule has 3 aromatic rings. The molecule has 9 heteroatoms. The van der Waals surface area contributed by atoms with Crippen molar-refractivity contribution in [1.82, 2.24) is 30.0 Å². The molecule has 1 aliphatic rings. The number of rotatable bonds is 2. The van der Waals surface area contributed by atoms with Gasteiger partial charge in [0.25, 0.3) is 17.6 Å². The molecule has 0 saturated heterocycles. The largest absolute Gasteiger partial charge is 0.310 e. The Kier molecular flexibility index (Phi) is 2.89. The van der Waals surface area contributed by atoms with E-state index in [1.54, 1.807) is 31.3 Å². The first-order chi connectivity index (χ1) is 11.6. The van der Waals surface area contributed by atoms with Gasteiger partial charge in [-0.15, -0.1) is 5.10 Å². The van der Waals surface area contributed by atoms with E-state index in [-0.39, 0.29) is 22.7 Å². The van der Waals surface area contributed by atoms with Gasteiger partial charge >= 0.3 is 5.91 Å². The highest BCUT2D eigenvalue weighted by atomic mass is 16.2. The van der Waals surface area contributed by atoms with Gasteiger partial charge in [0.15, 0.2) is 0 Å². The first-order valence-corrected chi connectivity index (χ1v) is 7.03. The smallest absolute Gasteiger partial charge is 0.267 e. The van der Waals surface area contributed by atoms with Crippen molar-refractivity contribution in [1.29, 1.82) is 0 Å². The topological polar surface area (TPSA) is 110 Å². The van der Waals surface area contributed by atoms with Crippen LogP contribution in [-0.4, -0.2) is 42.3 Å². The van der Waals surface area contributed by atoms with E-state index in [4.69, 9.17) is 0 Å². The number of carbonyl (C=O) groups is 3. The lowest BCUT2D eigenvalue weighted by Gasteiger charge is -2.13. The maximum atomic E-state index is 12.3. The molecule has 0 spiro atoms. The molecule has 1 N–H and O–H groups in total. The van der Waals surface area contributed by atoms with Crippen LogP contribution in [0.2, 0.25) is 0 Å².